The quantitative estimate of drug-likeness (QED) is 0.595. The van der Waals surface area contributed by atoms with Gasteiger partial charge in [-0.05, 0) is 48.6 Å². The smallest absolute Gasteiger partial charge is 0.249 e. The van der Waals surface area contributed by atoms with E-state index in [-0.39, 0.29) is 35.4 Å². The lowest BCUT2D eigenvalue weighted by Gasteiger charge is -2.27. The van der Waals surface area contributed by atoms with Crippen molar-refractivity contribution in [2.45, 2.75) is 38.0 Å². The highest BCUT2D eigenvalue weighted by molar-refractivity contribution is 7.89. The topological polar surface area (TPSA) is 101 Å². The summed E-state index contributed by atoms with van der Waals surface area (Å²) >= 11 is 0. The summed E-state index contributed by atoms with van der Waals surface area (Å²) in [4.78, 5) is 24.9. The molecule has 1 N–H and O–H groups in total. The second-order valence-corrected chi connectivity index (χ2v) is 10.8. The van der Waals surface area contributed by atoms with Crippen LogP contribution in [0.3, 0.4) is 0 Å². The number of hydrogen-bond acceptors (Lipinski definition) is 5. The van der Waals surface area contributed by atoms with Crippen LogP contribution in [-0.4, -0.2) is 47.4 Å². The Morgan fingerprint density at radius 2 is 1.71 bits per heavy atom. The fourth-order valence-corrected chi connectivity index (χ4v) is 6.28. The Morgan fingerprint density at radius 3 is 2.43 bits per heavy atom. The molecule has 0 aliphatic carbocycles. The van der Waals surface area contributed by atoms with Gasteiger partial charge >= 0.3 is 0 Å². The second-order valence-electron chi connectivity index (χ2n) is 8.85. The van der Waals surface area contributed by atoms with Crippen LogP contribution in [-0.2, 0) is 14.8 Å². The molecule has 0 saturated carbocycles. The van der Waals surface area contributed by atoms with Gasteiger partial charge in [-0.1, -0.05) is 48.5 Å². The minimum Gasteiger partial charge on any atom is -0.310 e. The Kier molecular flexibility index (Phi) is 5.90. The number of aryl methyl sites for hydroxylation is 2. The average molecular weight is 491 g/mol. The number of aromatic nitrogens is 2. The molecule has 180 valence electrons. The van der Waals surface area contributed by atoms with E-state index >= 15 is 0 Å². The molecule has 2 aliphatic heterocycles. The maximum Gasteiger partial charge on any atom is 0.249 e. The van der Waals surface area contributed by atoms with Crippen molar-refractivity contribution in [1.29, 1.82) is 0 Å². The molecule has 1 amide bonds. The number of sulfonamides is 1. The zero-order valence-electron chi connectivity index (χ0n) is 19.6. The van der Waals surface area contributed by atoms with E-state index in [2.05, 4.69) is 10.4 Å². The van der Waals surface area contributed by atoms with Gasteiger partial charge in [0.2, 0.25) is 21.8 Å². The number of carbonyl (C=O) groups excluding carboxylic acids is 2. The first-order valence-corrected chi connectivity index (χ1v) is 13.0. The van der Waals surface area contributed by atoms with Crippen molar-refractivity contribution in [2.75, 3.05) is 18.4 Å². The largest absolute Gasteiger partial charge is 0.310 e. The van der Waals surface area contributed by atoms with Crippen LogP contribution in [0.5, 0.6) is 0 Å². The molecule has 0 bridgehead atoms. The SMILES string of the molecule is Cc1ccc(-c2c(C)nn3c2NC(=O)CCC3=O)cc1S(=O)(=O)N1CC=C(c2ccccc2)CC1. The highest BCUT2D eigenvalue weighted by atomic mass is 32.2. The fraction of sp³-hybridized carbons (Fsp3) is 0.269. The Balaban J connectivity index is 1.51. The number of benzene rings is 2. The van der Waals surface area contributed by atoms with Gasteiger partial charge in [-0.2, -0.15) is 14.1 Å². The molecule has 8 nitrogen and oxygen atoms in total. The van der Waals surface area contributed by atoms with E-state index in [9.17, 15) is 18.0 Å². The van der Waals surface area contributed by atoms with E-state index in [1.165, 1.54) is 8.99 Å². The van der Waals surface area contributed by atoms with E-state index in [0.29, 0.717) is 41.9 Å². The molecular weight excluding hydrogens is 464 g/mol. The molecule has 0 radical (unpaired) electrons. The molecule has 9 heteroatoms. The highest BCUT2D eigenvalue weighted by Gasteiger charge is 2.30. The molecular formula is C26H26N4O4S. The van der Waals surface area contributed by atoms with E-state index < -0.39 is 10.0 Å². The van der Waals surface area contributed by atoms with Crippen LogP contribution in [0.2, 0.25) is 0 Å². The maximum absolute atomic E-state index is 13.7. The molecule has 0 saturated heterocycles. The maximum atomic E-state index is 13.7. The lowest BCUT2D eigenvalue weighted by atomic mass is 10.0. The summed E-state index contributed by atoms with van der Waals surface area (Å²) in [5.74, 6) is -0.259. The van der Waals surface area contributed by atoms with Crippen LogP contribution in [0.15, 0.2) is 59.5 Å². The fourth-order valence-electron chi connectivity index (χ4n) is 4.65. The minimum absolute atomic E-state index is 0.0698. The predicted octanol–water partition coefficient (Wildman–Crippen LogP) is 4.02. The van der Waals surface area contributed by atoms with Gasteiger partial charge in [0, 0.05) is 31.5 Å². The average Bonchev–Trinajstić information content (AvgIpc) is 3.11. The lowest BCUT2D eigenvalue weighted by Crippen LogP contribution is -2.35. The number of carbonyl (C=O) groups is 2. The third-order valence-electron chi connectivity index (χ3n) is 6.53. The summed E-state index contributed by atoms with van der Waals surface area (Å²) in [5, 5.41) is 7.10. The van der Waals surface area contributed by atoms with Crippen molar-refractivity contribution >= 4 is 33.2 Å². The van der Waals surface area contributed by atoms with Crippen molar-refractivity contribution in [3.05, 3.63) is 71.4 Å². The number of rotatable bonds is 4. The predicted molar refractivity (Wildman–Crippen MR) is 133 cm³/mol. The Labute approximate surface area is 204 Å². The first-order chi connectivity index (χ1) is 16.8. The van der Waals surface area contributed by atoms with Crippen molar-refractivity contribution in [3.63, 3.8) is 0 Å². The van der Waals surface area contributed by atoms with Gasteiger partial charge in [-0.15, -0.1) is 0 Å². The van der Waals surface area contributed by atoms with E-state index in [1.54, 1.807) is 32.0 Å². The first kappa shape index (κ1) is 23.2. The van der Waals surface area contributed by atoms with E-state index in [0.717, 1.165) is 11.1 Å². The summed E-state index contributed by atoms with van der Waals surface area (Å²) in [6, 6.07) is 15.1. The number of hydrogen-bond donors (Lipinski definition) is 1. The number of amides is 1. The van der Waals surface area contributed by atoms with Crippen molar-refractivity contribution in [3.8, 4) is 11.1 Å². The van der Waals surface area contributed by atoms with Crippen LogP contribution >= 0.6 is 0 Å². The monoisotopic (exact) mass is 490 g/mol. The molecule has 0 unspecified atom stereocenters. The number of fused-ring (bicyclic) bond motifs is 1. The summed E-state index contributed by atoms with van der Waals surface area (Å²) in [6.45, 7) is 4.19. The Hall–Kier alpha value is -3.56. The van der Waals surface area contributed by atoms with Gasteiger partial charge in [0.15, 0.2) is 0 Å². The van der Waals surface area contributed by atoms with Crippen molar-refractivity contribution in [2.24, 2.45) is 0 Å². The van der Waals surface area contributed by atoms with Crippen LogP contribution < -0.4 is 5.32 Å². The molecule has 0 atom stereocenters. The van der Waals surface area contributed by atoms with Gasteiger partial charge < -0.3 is 5.32 Å². The summed E-state index contributed by atoms with van der Waals surface area (Å²) in [6.07, 6.45) is 2.76. The van der Waals surface area contributed by atoms with Gasteiger partial charge in [-0.25, -0.2) is 8.42 Å². The van der Waals surface area contributed by atoms with E-state index in [1.807, 2.05) is 36.4 Å². The first-order valence-electron chi connectivity index (χ1n) is 11.5. The summed E-state index contributed by atoms with van der Waals surface area (Å²) < 4.78 is 30.0. The van der Waals surface area contributed by atoms with Crippen LogP contribution in [0.4, 0.5) is 5.82 Å². The van der Waals surface area contributed by atoms with Crippen LogP contribution in [0, 0.1) is 13.8 Å². The number of nitrogens with zero attached hydrogens (tertiary/aromatic N) is 3. The third-order valence-corrected chi connectivity index (χ3v) is 8.54. The molecule has 1 aromatic heterocycles. The molecule has 2 aromatic carbocycles. The molecule has 3 heterocycles. The summed E-state index contributed by atoms with van der Waals surface area (Å²) in [7, 11) is -3.77. The van der Waals surface area contributed by atoms with Gasteiger partial charge in [0.1, 0.15) is 5.82 Å². The number of nitrogens with one attached hydrogen (secondary N) is 1. The second kappa shape index (κ2) is 8.90. The standard InChI is InChI=1S/C26H26N4O4S/c1-17-8-9-21(25-18(2)28-30-24(32)11-10-23(31)27-26(25)30)16-22(17)35(33,34)29-14-12-20(13-15-29)19-6-4-3-5-7-19/h3-9,12,16H,10-11,13-15H2,1-2H3,(H,27,31). The molecule has 5 rings (SSSR count). The number of anilines is 1. The van der Waals surface area contributed by atoms with Gasteiger partial charge in [0.25, 0.3) is 0 Å². The highest BCUT2D eigenvalue weighted by Crippen LogP contribution is 2.36. The Morgan fingerprint density at radius 1 is 0.943 bits per heavy atom. The van der Waals surface area contributed by atoms with Crippen molar-refractivity contribution in [1.82, 2.24) is 14.1 Å². The normalized spacial score (nSPS) is 16.9. The molecule has 0 fully saturated rings. The summed E-state index contributed by atoms with van der Waals surface area (Å²) in [5.41, 5.74) is 4.55. The van der Waals surface area contributed by atoms with Crippen LogP contribution in [0.1, 0.15) is 40.9 Å². The Bertz CT molecular complexity index is 1470. The van der Waals surface area contributed by atoms with Gasteiger partial charge in [0.05, 0.1) is 10.6 Å². The zero-order valence-corrected chi connectivity index (χ0v) is 20.4. The molecule has 35 heavy (non-hydrogen) atoms. The van der Waals surface area contributed by atoms with Gasteiger partial charge in [-0.3, -0.25) is 9.59 Å². The zero-order chi connectivity index (χ0) is 24.7. The molecule has 0 spiro atoms. The third kappa shape index (κ3) is 4.21. The van der Waals surface area contributed by atoms with Crippen LogP contribution in [0.25, 0.3) is 16.7 Å². The van der Waals surface area contributed by atoms with Crippen molar-refractivity contribution < 1.29 is 18.0 Å². The lowest BCUT2D eigenvalue weighted by molar-refractivity contribution is -0.116. The minimum atomic E-state index is -3.77. The van der Waals surface area contributed by atoms with E-state index in [4.69, 9.17) is 0 Å². The molecule has 2 aliphatic rings. The molecule has 3 aromatic rings.